The molecule has 0 fully saturated rings. The first-order valence-electron chi connectivity index (χ1n) is 7.63. The Hall–Kier alpha value is -2.66. The maximum Gasteiger partial charge on any atom is 0.276 e. The molecule has 2 aromatic carbocycles. The molecule has 0 saturated carbocycles. The Balaban J connectivity index is 1.68. The summed E-state index contributed by atoms with van der Waals surface area (Å²) in [4.78, 5) is 24.7. The fraction of sp³-hybridized carbons (Fsp3) is 0.222. The largest absolute Gasteiger partial charge is 0.381 e. The van der Waals surface area contributed by atoms with Gasteiger partial charge in [0.2, 0.25) is 0 Å². The van der Waals surface area contributed by atoms with Crippen molar-refractivity contribution in [2.24, 2.45) is 0 Å². The first-order valence-corrected chi connectivity index (χ1v) is 7.63. The normalized spacial score (nSPS) is 16.2. The van der Waals surface area contributed by atoms with Crippen LogP contribution in [-0.4, -0.2) is 28.9 Å². The van der Waals surface area contributed by atoms with Gasteiger partial charge < -0.3 is 5.32 Å². The van der Waals surface area contributed by atoms with E-state index in [1.165, 1.54) is 0 Å². The molecule has 2 aromatic rings. The van der Waals surface area contributed by atoms with Gasteiger partial charge in [-0.05, 0) is 38.1 Å². The van der Waals surface area contributed by atoms with Gasteiger partial charge in [0.15, 0.2) is 0 Å². The zero-order chi connectivity index (χ0) is 16.4. The van der Waals surface area contributed by atoms with E-state index in [0.717, 1.165) is 10.7 Å². The number of fused-ring (bicyclic) bond motifs is 1. The van der Waals surface area contributed by atoms with Crippen molar-refractivity contribution in [3.8, 4) is 0 Å². The predicted octanol–water partition coefficient (Wildman–Crippen LogP) is 2.68. The van der Waals surface area contributed by atoms with Crippen molar-refractivity contribution in [1.29, 1.82) is 0 Å². The van der Waals surface area contributed by atoms with Crippen molar-refractivity contribution in [3.63, 3.8) is 0 Å². The van der Waals surface area contributed by atoms with Gasteiger partial charge in [-0.15, -0.1) is 0 Å². The van der Waals surface area contributed by atoms with E-state index in [0.29, 0.717) is 11.1 Å². The third-order valence-electron chi connectivity index (χ3n) is 4.04. The van der Waals surface area contributed by atoms with Crippen molar-refractivity contribution < 1.29 is 9.59 Å². The molecule has 0 saturated heterocycles. The van der Waals surface area contributed by atoms with E-state index in [1.807, 2.05) is 44.2 Å². The summed E-state index contributed by atoms with van der Waals surface area (Å²) in [6.07, 6.45) is 0. The monoisotopic (exact) mass is 309 g/mol. The summed E-state index contributed by atoms with van der Waals surface area (Å²) in [5.41, 5.74) is 4.90. The molecule has 1 aliphatic rings. The number of hydrogen-bond donors (Lipinski definition) is 2. The Morgan fingerprint density at radius 1 is 0.783 bits per heavy atom. The van der Waals surface area contributed by atoms with Crippen molar-refractivity contribution in [2.75, 3.05) is 5.32 Å². The zero-order valence-corrected chi connectivity index (χ0v) is 13.1. The van der Waals surface area contributed by atoms with Crippen LogP contribution in [0.5, 0.6) is 0 Å². The highest BCUT2D eigenvalue weighted by Crippen LogP contribution is 2.21. The lowest BCUT2D eigenvalue weighted by Gasteiger charge is -2.27. The molecule has 0 bridgehead atoms. The molecule has 2 atom stereocenters. The molecule has 0 radical (unpaired) electrons. The highest BCUT2D eigenvalue weighted by molar-refractivity contribution is 6.20. The second-order valence-corrected chi connectivity index (χ2v) is 5.71. The Kier molecular flexibility index (Phi) is 4.12. The van der Waals surface area contributed by atoms with Gasteiger partial charge in [-0.1, -0.05) is 30.3 Å². The molecule has 5 heteroatoms. The van der Waals surface area contributed by atoms with Crippen LogP contribution in [-0.2, 0) is 0 Å². The molecular formula is C18H19N3O2. The van der Waals surface area contributed by atoms with Crippen molar-refractivity contribution in [2.45, 2.75) is 25.9 Å². The lowest BCUT2D eigenvalue weighted by molar-refractivity contribution is 0.0534. The number of imide groups is 1. The minimum atomic E-state index is -0.302. The van der Waals surface area contributed by atoms with Gasteiger partial charge >= 0.3 is 0 Å². The standard InChI is InChI=1S/C18H19N3O2/c1-12(19-14-8-4-3-5-9-14)13(2)20-21-17(22)15-10-6-7-11-16(15)18(21)23/h3-13,19-20H,1-2H3/t12-,13+/m1/s1. The van der Waals surface area contributed by atoms with Gasteiger partial charge in [0, 0.05) is 17.8 Å². The third-order valence-corrected chi connectivity index (χ3v) is 4.04. The highest BCUT2D eigenvalue weighted by atomic mass is 16.2. The topological polar surface area (TPSA) is 61.4 Å². The first-order chi connectivity index (χ1) is 11.1. The molecule has 0 aromatic heterocycles. The molecule has 2 amide bonds. The number of carbonyl (C=O) groups is 2. The van der Waals surface area contributed by atoms with E-state index in [9.17, 15) is 9.59 Å². The Labute approximate surface area is 135 Å². The molecule has 3 rings (SSSR count). The van der Waals surface area contributed by atoms with Crippen molar-refractivity contribution >= 4 is 17.5 Å². The lowest BCUT2D eigenvalue weighted by atomic mass is 10.1. The van der Waals surface area contributed by atoms with Crippen LogP contribution in [0.25, 0.3) is 0 Å². The summed E-state index contributed by atoms with van der Waals surface area (Å²) < 4.78 is 0. The van der Waals surface area contributed by atoms with Gasteiger partial charge in [-0.25, -0.2) is 10.4 Å². The number of benzene rings is 2. The fourth-order valence-corrected chi connectivity index (χ4v) is 2.54. The van der Waals surface area contributed by atoms with Crippen LogP contribution in [0.1, 0.15) is 34.6 Å². The van der Waals surface area contributed by atoms with Gasteiger partial charge in [0.25, 0.3) is 11.8 Å². The van der Waals surface area contributed by atoms with E-state index in [1.54, 1.807) is 24.3 Å². The van der Waals surface area contributed by atoms with Gasteiger partial charge in [0.1, 0.15) is 0 Å². The SMILES string of the molecule is C[C@H](NN1C(=O)c2ccccc2C1=O)[C@@H](C)Nc1ccccc1. The molecule has 0 spiro atoms. The van der Waals surface area contributed by atoms with E-state index in [-0.39, 0.29) is 23.9 Å². The van der Waals surface area contributed by atoms with Crippen LogP contribution in [0.2, 0.25) is 0 Å². The Morgan fingerprint density at radius 2 is 1.30 bits per heavy atom. The molecule has 23 heavy (non-hydrogen) atoms. The number of hydrogen-bond acceptors (Lipinski definition) is 4. The number of nitrogens with zero attached hydrogens (tertiary/aromatic N) is 1. The summed E-state index contributed by atoms with van der Waals surface area (Å²) in [6, 6.07) is 16.6. The van der Waals surface area contributed by atoms with Crippen molar-refractivity contribution in [3.05, 3.63) is 65.7 Å². The molecule has 1 heterocycles. The number of rotatable bonds is 5. The molecule has 2 N–H and O–H groups in total. The second-order valence-electron chi connectivity index (χ2n) is 5.71. The molecule has 118 valence electrons. The van der Waals surface area contributed by atoms with Crippen LogP contribution in [0, 0.1) is 0 Å². The molecule has 5 nitrogen and oxygen atoms in total. The number of amides is 2. The van der Waals surface area contributed by atoms with Crippen LogP contribution in [0.3, 0.4) is 0 Å². The Bertz CT molecular complexity index is 695. The van der Waals surface area contributed by atoms with Gasteiger partial charge in [0.05, 0.1) is 11.1 Å². The molecule has 0 unspecified atom stereocenters. The number of nitrogens with one attached hydrogen (secondary N) is 2. The summed E-state index contributed by atoms with van der Waals surface area (Å²) in [5.74, 6) is -0.603. The first kappa shape index (κ1) is 15.2. The van der Waals surface area contributed by atoms with E-state index in [4.69, 9.17) is 0 Å². The van der Waals surface area contributed by atoms with E-state index in [2.05, 4.69) is 10.7 Å². The lowest BCUT2D eigenvalue weighted by Crippen LogP contribution is -2.52. The quantitative estimate of drug-likeness (QED) is 0.834. The summed E-state index contributed by atoms with van der Waals surface area (Å²) in [5, 5.41) is 4.46. The van der Waals surface area contributed by atoms with E-state index < -0.39 is 0 Å². The van der Waals surface area contributed by atoms with Crippen LogP contribution < -0.4 is 10.7 Å². The number of para-hydroxylation sites is 1. The maximum absolute atomic E-state index is 12.3. The Morgan fingerprint density at radius 3 is 1.87 bits per heavy atom. The molecular weight excluding hydrogens is 290 g/mol. The van der Waals surface area contributed by atoms with Crippen molar-refractivity contribution in [1.82, 2.24) is 10.4 Å². The van der Waals surface area contributed by atoms with E-state index >= 15 is 0 Å². The summed E-state index contributed by atoms with van der Waals surface area (Å²) in [6.45, 7) is 3.94. The average Bonchev–Trinajstić information content (AvgIpc) is 2.81. The second kappa shape index (κ2) is 6.22. The molecule has 0 aliphatic carbocycles. The van der Waals surface area contributed by atoms with Crippen LogP contribution >= 0.6 is 0 Å². The average molecular weight is 309 g/mol. The van der Waals surface area contributed by atoms with Crippen LogP contribution in [0.15, 0.2) is 54.6 Å². The number of carbonyl (C=O) groups excluding carboxylic acids is 2. The predicted molar refractivity (Wildman–Crippen MR) is 89.1 cm³/mol. The minimum Gasteiger partial charge on any atom is -0.381 e. The highest BCUT2D eigenvalue weighted by Gasteiger charge is 2.36. The van der Waals surface area contributed by atoms with Gasteiger partial charge in [-0.2, -0.15) is 0 Å². The maximum atomic E-state index is 12.3. The fourth-order valence-electron chi connectivity index (χ4n) is 2.54. The number of hydrazine groups is 1. The third kappa shape index (κ3) is 2.96. The molecule has 1 aliphatic heterocycles. The summed E-state index contributed by atoms with van der Waals surface area (Å²) >= 11 is 0. The summed E-state index contributed by atoms with van der Waals surface area (Å²) in [7, 11) is 0. The number of anilines is 1. The smallest absolute Gasteiger partial charge is 0.276 e. The van der Waals surface area contributed by atoms with Crippen LogP contribution in [0.4, 0.5) is 5.69 Å². The van der Waals surface area contributed by atoms with Gasteiger partial charge in [-0.3, -0.25) is 9.59 Å². The zero-order valence-electron chi connectivity index (χ0n) is 13.1. The minimum absolute atomic E-state index is 0.0294.